The number of benzene rings is 3. The zero-order chi connectivity index (χ0) is 27.8. The van der Waals surface area contributed by atoms with Crippen LogP contribution in [0.15, 0.2) is 103 Å². The minimum atomic E-state index is -3.59. The number of nitrogens with one attached hydrogen (secondary N) is 1. The van der Waals surface area contributed by atoms with Crippen LogP contribution in [0.3, 0.4) is 0 Å². The first-order chi connectivity index (χ1) is 19.5. The number of hydrogen-bond acceptors (Lipinski definition) is 4. The maximum absolute atomic E-state index is 13.5. The minimum Gasteiger partial charge on any atom is -0.349 e. The van der Waals surface area contributed by atoms with E-state index in [-0.39, 0.29) is 30.8 Å². The van der Waals surface area contributed by atoms with E-state index in [9.17, 15) is 13.2 Å². The first-order valence-electron chi connectivity index (χ1n) is 13.9. The lowest BCUT2D eigenvalue weighted by Gasteiger charge is -2.23. The molecule has 1 N–H and O–H groups in total. The van der Waals surface area contributed by atoms with Crippen LogP contribution in [0.1, 0.15) is 59.2 Å². The maximum Gasteiger partial charge on any atom is 0.251 e. The SMILES string of the molecule is O=C(NC1CCCCC1)c1ccc(-c2ccc(CN(Cc3cccnc3)S(=O)(=O)Cc3ccccc3)cc2)cc1. The zero-order valence-electron chi connectivity index (χ0n) is 22.6. The third kappa shape index (κ3) is 7.43. The topological polar surface area (TPSA) is 79.4 Å². The third-order valence-electron chi connectivity index (χ3n) is 7.40. The van der Waals surface area contributed by atoms with Crippen molar-refractivity contribution in [3.05, 3.63) is 126 Å². The predicted octanol–water partition coefficient (Wildman–Crippen LogP) is 6.34. The van der Waals surface area contributed by atoms with Gasteiger partial charge in [-0.25, -0.2) is 8.42 Å². The molecule has 0 spiro atoms. The summed E-state index contributed by atoms with van der Waals surface area (Å²) in [5, 5.41) is 3.17. The molecule has 1 aliphatic carbocycles. The number of aromatic nitrogens is 1. The van der Waals surface area contributed by atoms with Gasteiger partial charge in [-0.3, -0.25) is 9.78 Å². The van der Waals surface area contributed by atoms with Crippen LogP contribution in [0.5, 0.6) is 0 Å². The van der Waals surface area contributed by atoms with E-state index >= 15 is 0 Å². The van der Waals surface area contributed by atoms with E-state index in [1.165, 1.54) is 23.6 Å². The summed E-state index contributed by atoms with van der Waals surface area (Å²) < 4.78 is 28.5. The van der Waals surface area contributed by atoms with Crippen molar-refractivity contribution in [3.8, 4) is 11.1 Å². The normalized spacial score (nSPS) is 14.2. The molecule has 1 aliphatic rings. The van der Waals surface area contributed by atoms with E-state index in [0.717, 1.165) is 40.7 Å². The number of sulfonamides is 1. The molecular formula is C33H35N3O3S. The highest BCUT2D eigenvalue weighted by molar-refractivity contribution is 7.88. The number of rotatable bonds is 10. The summed E-state index contributed by atoms with van der Waals surface area (Å²) in [5.74, 6) is -0.0773. The highest BCUT2D eigenvalue weighted by Crippen LogP contribution is 2.24. The molecule has 1 amide bonds. The zero-order valence-corrected chi connectivity index (χ0v) is 23.4. The molecule has 3 aromatic carbocycles. The molecule has 1 heterocycles. The number of carbonyl (C=O) groups is 1. The highest BCUT2D eigenvalue weighted by atomic mass is 32.2. The van der Waals surface area contributed by atoms with Gasteiger partial charge in [0.25, 0.3) is 5.91 Å². The van der Waals surface area contributed by atoms with Crippen LogP contribution in [-0.2, 0) is 28.9 Å². The molecule has 0 unspecified atom stereocenters. The van der Waals surface area contributed by atoms with Crippen LogP contribution in [0, 0.1) is 0 Å². The Morgan fingerprint density at radius 2 is 1.38 bits per heavy atom. The van der Waals surface area contributed by atoms with Crippen LogP contribution < -0.4 is 5.32 Å². The molecule has 0 saturated heterocycles. The van der Waals surface area contributed by atoms with Crippen molar-refractivity contribution in [3.63, 3.8) is 0 Å². The number of amides is 1. The molecule has 0 bridgehead atoms. The van der Waals surface area contributed by atoms with Gasteiger partial charge < -0.3 is 5.32 Å². The van der Waals surface area contributed by atoms with Crippen LogP contribution in [0.4, 0.5) is 0 Å². The van der Waals surface area contributed by atoms with Gasteiger partial charge in [-0.1, -0.05) is 92.1 Å². The predicted molar refractivity (Wildman–Crippen MR) is 159 cm³/mol. The Bertz CT molecular complexity index is 1480. The molecule has 5 rings (SSSR count). The molecule has 0 atom stereocenters. The van der Waals surface area contributed by atoms with Crippen LogP contribution >= 0.6 is 0 Å². The summed E-state index contributed by atoms with van der Waals surface area (Å²) in [7, 11) is -3.59. The van der Waals surface area contributed by atoms with Gasteiger partial charge in [0.05, 0.1) is 5.75 Å². The van der Waals surface area contributed by atoms with Gasteiger partial charge in [-0.05, 0) is 58.9 Å². The van der Waals surface area contributed by atoms with Gasteiger partial charge in [0.15, 0.2) is 0 Å². The molecule has 7 heteroatoms. The first-order valence-corrected chi connectivity index (χ1v) is 15.5. The lowest BCUT2D eigenvalue weighted by Crippen LogP contribution is -2.36. The highest BCUT2D eigenvalue weighted by Gasteiger charge is 2.23. The van der Waals surface area contributed by atoms with Crippen molar-refractivity contribution >= 4 is 15.9 Å². The Morgan fingerprint density at radius 3 is 2.02 bits per heavy atom. The van der Waals surface area contributed by atoms with Gasteiger partial charge >= 0.3 is 0 Å². The summed E-state index contributed by atoms with van der Waals surface area (Å²) >= 11 is 0. The maximum atomic E-state index is 13.5. The van der Waals surface area contributed by atoms with Gasteiger partial charge in [0.1, 0.15) is 0 Å². The molecule has 4 aromatic rings. The summed E-state index contributed by atoms with van der Waals surface area (Å²) in [6.45, 7) is 0.500. The minimum absolute atomic E-state index is 0.0146. The Hall–Kier alpha value is -3.81. The van der Waals surface area contributed by atoms with Gasteiger partial charge in [0, 0.05) is 37.1 Å². The van der Waals surface area contributed by atoms with Crippen molar-refractivity contribution < 1.29 is 13.2 Å². The van der Waals surface area contributed by atoms with Crippen LogP contribution in [0.2, 0.25) is 0 Å². The van der Waals surface area contributed by atoms with E-state index in [1.807, 2.05) is 91.0 Å². The van der Waals surface area contributed by atoms with E-state index in [1.54, 1.807) is 12.4 Å². The standard InChI is InChI=1S/C33H35N3O3S/c37-33(35-32-11-5-2-6-12-32)31-19-17-30(18-20-31)29-15-13-26(14-16-29)23-36(24-28-10-7-21-34-22-28)40(38,39)25-27-8-3-1-4-9-27/h1,3-4,7-10,13-22,32H,2,5-6,11-12,23-25H2,(H,35,37). The Balaban J connectivity index is 1.28. The average molecular weight is 554 g/mol. The molecule has 1 aromatic heterocycles. The van der Waals surface area contributed by atoms with Crippen molar-refractivity contribution in [2.75, 3.05) is 0 Å². The molecule has 0 radical (unpaired) electrons. The van der Waals surface area contributed by atoms with Gasteiger partial charge in [-0.15, -0.1) is 0 Å². The van der Waals surface area contributed by atoms with Gasteiger partial charge in [0.2, 0.25) is 10.0 Å². The quantitative estimate of drug-likeness (QED) is 0.248. The second-order valence-electron chi connectivity index (χ2n) is 10.5. The van der Waals surface area contributed by atoms with Crippen LogP contribution in [0.25, 0.3) is 11.1 Å². The monoisotopic (exact) mass is 553 g/mol. The largest absolute Gasteiger partial charge is 0.349 e. The lowest BCUT2D eigenvalue weighted by atomic mass is 9.95. The van der Waals surface area contributed by atoms with E-state index in [2.05, 4.69) is 10.3 Å². The fourth-order valence-corrected chi connectivity index (χ4v) is 6.65. The molecule has 40 heavy (non-hydrogen) atoms. The van der Waals surface area contributed by atoms with Crippen LogP contribution in [-0.4, -0.2) is 29.7 Å². The lowest BCUT2D eigenvalue weighted by molar-refractivity contribution is 0.0927. The molecule has 1 fully saturated rings. The fourth-order valence-electron chi connectivity index (χ4n) is 5.16. The smallest absolute Gasteiger partial charge is 0.251 e. The Labute approximate surface area is 237 Å². The molecule has 0 aliphatic heterocycles. The number of carbonyl (C=O) groups excluding carboxylic acids is 1. The van der Waals surface area contributed by atoms with Gasteiger partial charge in [-0.2, -0.15) is 4.31 Å². The first kappa shape index (κ1) is 27.7. The number of pyridine rings is 1. The fraction of sp³-hybridized carbons (Fsp3) is 0.273. The van der Waals surface area contributed by atoms with E-state index < -0.39 is 10.0 Å². The van der Waals surface area contributed by atoms with Crippen molar-refractivity contribution in [2.24, 2.45) is 0 Å². The van der Waals surface area contributed by atoms with E-state index in [4.69, 9.17) is 0 Å². The van der Waals surface area contributed by atoms with E-state index in [0.29, 0.717) is 5.56 Å². The van der Waals surface area contributed by atoms with Crippen molar-refractivity contribution in [1.82, 2.24) is 14.6 Å². The molecular weight excluding hydrogens is 518 g/mol. The Morgan fingerprint density at radius 1 is 0.750 bits per heavy atom. The summed E-state index contributed by atoms with van der Waals surface area (Å²) in [6.07, 6.45) is 9.12. The summed E-state index contributed by atoms with van der Waals surface area (Å²) in [6, 6.07) is 28.8. The molecule has 1 saturated carbocycles. The number of nitrogens with zero attached hydrogens (tertiary/aromatic N) is 2. The third-order valence-corrected chi connectivity index (χ3v) is 9.14. The molecule has 206 valence electrons. The average Bonchev–Trinajstić information content (AvgIpc) is 2.99. The Kier molecular flexibility index (Phi) is 9.04. The van der Waals surface area contributed by atoms with Crippen molar-refractivity contribution in [1.29, 1.82) is 0 Å². The molecule has 6 nitrogen and oxygen atoms in total. The number of hydrogen-bond donors (Lipinski definition) is 1. The summed E-state index contributed by atoms with van der Waals surface area (Å²) in [5.41, 5.74) is 5.17. The summed E-state index contributed by atoms with van der Waals surface area (Å²) in [4.78, 5) is 16.8. The second kappa shape index (κ2) is 13.0. The van der Waals surface area contributed by atoms with Crippen molar-refractivity contribution in [2.45, 2.75) is 57.0 Å². The second-order valence-corrected chi connectivity index (χ2v) is 12.4.